The van der Waals surface area contributed by atoms with Gasteiger partial charge in [0.1, 0.15) is 0 Å². The molecule has 32 heavy (non-hydrogen) atoms. The first-order valence-electron chi connectivity index (χ1n) is 10.6. The monoisotopic (exact) mass is 459 g/mol. The molecule has 0 aliphatic heterocycles. The molecule has 1 aliphatic carbocycles. The van der Waals surface area contributed by atoms with Crippen LogP contribution in [0.15, 0.2) is 47.4 Å². The number of aromatic hydroxyl groups is 1. The Morgan fingerprint density at radius 3 is 2.25 bits per heavy atom. The summed E-state index contributed by atoms with van der Waals surface area (Å²) in [4.78, 5) is 12.8. The molecule has 0 saturated heterocycles. The second-order valence-corrected chi connectivity index (χ2v) is 9.52. The minimum atomic E-state index is -3.71. The number of carbonyl (C=O) groups is 1. The highest BCUT2D eigenvalue weighted by Crippen LogP contribution is 2.37. The van der Waals surface area contributed by atoms with Crippen LogP contribution in [-0.2, 0) is 10.0 Å². The fourth-order valence-electron chi connectivity index (χ4n) is 3.78. The molecule has 8 heteroatoms. The molecule has 1 fully saturated rings. The van der Waals surface area contributed by atoms with Gasteiger partial charge in [-0.05, 0) is 48.7 Å². The molecule has 3 rings (SSSR count). The van der Waals surface area contributed by atoms with Crippen molar-refractivity contribution in [1.82, 2.24) is 4.72 Å². The number of allylic oxidation sites excluding steroid dienone is 1. The van der Waals surface area contributed by atoms with Gasteiger partial charge in [-0.1, -0.05) is 43.9 Å². The number of methoxy groups -OCH3 is 2. The Morgan fingerprint density at radius 2 is 1.66 bits per heavy atom. The van der Waals surface area contributed by atoms with E-state index in [0.717, 1.165) is 38.5 Å². The van der Waals surface area contributed by atoms with Crippen LogP contribution < -0.4 is 14.2 Å². The van der Waals surface area contributed by atoms with E-state index in [-0.39, 0.29) is 39.5 Å². The fraction of sp³-hybridized carbons (Fsp3) is 0.375. The van der Waals surface area contributed by atoms with Crippen molar-refractivity contribution in [2.75, 3.05) is 14.2 Å². The van der Waals surface area contributed by atoms with Crippen molar-refractivity contribution in [3.8, 4) is 17.2 Å². The highest BCUT2D eigenvalue weighted by Gasteiger charge is 2.22. The van der Waals surface area contributed by atoms with Crippen LogP contribution in [0, 0.1) is 0 Å². The highest BCUT2D eigenvalue weighted by atomic mass is 32.2. The fourth-order valence-corrected chi connectivity index (χ4v) is 5.13. The van der Waals surface area contributed by atoms with Gasteiger partial charge in [0.2, 0.25) is 15.8 Å². The Bertz CT molecular complexity index is 1060. The number of ether oxygens (including phenoxy) is 2. The normalized spacial score (nSPS) is 15.4. The molecule has 0 bridgehead atoms. The van der Waals surface area contributed by atoms with Gasteiger partial charge >= 0.3 is 0 Å². The van der Waals surface area contributed by atoms with Crippen molar-refractivity contribution in [3.05, 3.63) is 53.6 Å². The third-order valence-corrected chi connectivity index (χ3v) is 7.05. The Labute approximate surface area is 189 Å². The Morgan fingerprint density at radius 1 is 1.03 bits per heavy atom. The van der Waals surface area contributed by atoms with Gasteiger partial charge in [0.05, 0.1) is 19.1 Å². The van der Waals surface area contributed by atoms with Gasteiger partial charge in [0.25, 0.3) is 0 Å². The van der Waals surface area contributed by atoms with E-state index in [2.05, 4.69) is 4.72 Å². The number of benzene rings is 2. The van der Waals surface area contributed by atoms with Crippen molar-refractivity contribution in [2.24, 2.45) is 0 Å². The third kappa shape index (κ3) is 5.89. The smallest absolute Gasteiger partial charge is 0.240 e. The van der Waals surface area contributed by atoms with Gasteiger partial charge in [-0.2, -0.15) is 0 Å². The predicted molar refractivity (Wildman–Crippen MR) is 123 cm³/mol. The van der Waals surface area contributed by atoms with E-state index < -0.39 is 10.0 Å². The maximum absolute atomic E-state index is 12.8. The number of carbonyl (C=O) groups excluding carboxylic acids is 1. The summed E-state index contributed by atoms with van der Waals surface area (Å²) < 4.78 is 38.7. The lowest BCUT2D eigenvalue weighted by atomic mass is 10.1. The zero-order valence-corrected chi connectivity index (χ0v) is 19.2. The number of hydrogen-bond donors (Lipinski definition) is 2. The summed E-state index contributed by atoms with van der Waals surface area (Å²) in [5, 5.41) is 10.0. The minimum absolute atomic E-state index is 0.0683. The summed E-state index contributed by atoms with van der Waals surface area (Å²) in [7, 11) is -0.872. The Kier molecular flexibility index (Phi) is 7.93. The molecule has 2 N–H and O–H groups in total. The Balaban J connectivity index is 1.78. The molecule has 1 aliphatic rings. The van der Waals surface area contributed by atoms with E-state index in [1.54, 1.807) is 30.3 Å². The number of phenols is 1. The lowest BCUT2D eigenvalue weighted by molar-refractivity contribution is 0.104. The van der Waals surface area contributed by atoms with Crippen LogP contribution in [0.1, 0.15) is 54.4 Å². The summed E-state index contributed by atoms with van der Waals surface area (Å²) in [6.45, 7) is 0. The van der Waals surface area contributed by atoms with Crippen LogP contribution in [0.4, 0.5) is 0 Å². The molecule has 0 amide bonds. The lowest BCUT2D eigenvalue weighted by Crippen LogP contribution is -2.34. The number of ketones is 1. The minimum Gasteiger partial charge on any atom is -0.502 e. The zero-order valence-electron chi connectivity index (χ0n) is 18.3. The molecule has 0 spiro atoms. The topological polar surface area (TPSA) is 102 Å². The maximum atomic E-state index is 12.8. The maximum Gasteiger partial charge on any atom is 0.240 e. The molecule has 1 saturated carbocycles. The van der Waals surface area contributed by atoms with Gasteiger partial charge in [0, 0.05) is 11.6 Å². The van der Waals surface area contributed by atoms with Gasteiger partial charge < -0.3 is 14.6 Å². The van der Waals surface area contributed by atoms with E-state index >= 15 is 0 Å². The van der Waals surface area contributed by atoms with E-state index in [9.17, 15) is 18.3 Å². The quantitative estimate of drug-likeness (QED) is 0.347. The second-order valence-electron chi connectivity index (χ2n) is 7.81. The molecule has 0 aromatic heterocycles. The number of hydrogen-bond acceptors (Lipinski definition) is 6. The van der Waals surface area contributed by atoms with Gasteiger partial charge in [-0.15, -0.1) is 0 Å². The molecule has 7 nitrogen and oxygen atoms in total. The molecule has 0 unspecified atom stereocenters. The summed E-state index contributed by atoms with van der Waals surface area (Å²) in [6, 6.07) is 9.10. The molecule has 2 aromatic rings. The number of nitrogens with one attached hydrogen (secondary N) is 1. The summed E-state index contributed by atoms with van der Waals surface area (Å²) in [5.74, 6) is -0.0386. The average Bonchev–Trinajstić information content (AvgIpc) is 3.06. The van der Waals surface area contributed by atoms with E-state index in [4.69, 9.17) is 9.47 Å². The molecule has 172 valence electrons. The highest BCUT2D eigenvalue weighted by molar-refractivity contribution is 7.89. The first-order chi connectivity index (χ1) is 15.3. The van der Waals surface area contributed by atoms with Crippen molar-refractivity contribution in [1.29, 1.82) is 0 Å². The molecular formula is C24H29NO6S. The summed E-state index contributed by atoms with van der Waals surface area (Å²) >= 11 is 0. The molecular weight excluding hydrogens is 430 g/mol. The Hall–Kier alpha value is -2.84. The average molecular weight is 460 g/mol. The van der Waals surface area contributed by atoms with Crippen LogP contribution in [0.2, 0.25) is 0 Å². The lowest BCUT2D eigenvalue weighted by Gasteiger charge is -2.16. The number of phenolic OH excluding ortho intramolecular Hbond substituents is 1. The van der Waals surface area contributed by atoms with Gasteiger partial charge in [-0.25, -0.2) is 13.1 Å². The van der Waals surface area contributed by atoms with Crippen molar-refractivity contribution < 1.29 is 27.8 Å². The number of sulfonamides is 1. The predicted octanol–water partition coefficient (Wildman–Crippen LogP) is 4.31. The third-order valence-electron chi connectivity index (χ3n) is 5.54. The second kappa shape index (κ2) is 10.7. The zero-order chi connectivity index (χ0) is 23.1. The molecule has 0 atom stereocenters. The standard InChI is InChI=1S/C24H29NO6S/c1-30-22-14-17(15-23(31-2)24(22)27)12-13-21(26)18-8-7-11-20(16-18)32(28,29)25-19-9-5-3-4-6-10-19/h7-8,11-16,19,25,27H,3-6,9-10H2,1-2H3/b13-12+. The van der Waals surface area contributed by atoms with Crippen LogP contribution in [0.3, 0.4) is 0 Å². The SMILES string of the molecule is COc1cc(/C=C/C(=O)c2cccc(S(=O)(=O)NC3CCCCCC3)c2)cc(OC)c1O. The van der Waals surface area contributed by atoms with E-state index in [1.165, 1.54) is 32.4 Å². The first kappa shape index (κ1) is 23.8. The van der Waals surface area contributed by atoms with Crippen molar-refractivity contribution >= 4 is 21.9 Å². The van der Waals surface area contributed by atoms with Crippen molar-refractivity contribution in [2.45, 2.75) is 49.5 Å². The molecule has 2 aromatic carbocycles. The van der Waals surface area contributed by atoms with Gasteiger partial charge in [-0.3, -0.25) is 4.79 Å². The van der Waals surface area contributed by atoms with Crippen LogP contribution in [0.5, 0.6) is 17.2 Å². The van der Waals surface area contributed by atoms with E-state index in [0.29, 0.717) is 5.56 Å². The van der Waals surface area contributed by atoms with Crippen LogP contribution in [-0.4, -0.2) is 39.6 Å². The van der Waals surface area contributed by atoms with Gasteiger partial charge in [0.15, 0.2) is 17.3 Å². The van der Waals surface area contributed by atoms with Crippen molar-refractivity contribution in [3.63, 3.8) is 0 Å². The van der Waals surface area contributed by atoms with E-state index in [1.807, 2.05) is 0 Å². The largest absolute Gasteiger partial charge is 0.502 e. The first-order valence-corrected chi connectivity index (χ1v) is 12.1. The molecule has 0 radical (unpaired) electrons. The van der Waals surface area contributed by atoms with Crippen LogP contribution >= 0.6 is 0 Å². The molecule has 0 heterocycles. The van der Waals surface area contributed by atoms with Crippen LogP contribution in [0.25, 0.3) is 6.08 Å². The summed E-state index contributed by atoms with van der Waals surface area (Å²) in [6.07, 6.45) is 8.86. The summed E-state index contributed by atoms with van der Waals surface area (Å²) in [5.41, 5.74) is 0.853. The number of rotatable bonds is 8.